The van der Waals surface area contributed by atoms with Crippen molar-refractivity contribution in [2.75, 3.05) is 13.1 Å². The molecular weight excluding hydrogens is 226 g/mol. The molecule has 0 aliphatic carbocycles. The summed E-state index contributed by atoms with van der Waals surface area (Å²) in [6, 6.07) is 10.00. The summed E-state index contributed by atoms with van der Waals surface area (Å²) in [5.74, 6) is -0.211. The topological polar surface area (TPSA) is 68.0 Å². The Labute approximate surface area is 105 Å². The van der Waals surface area contributed by atoms with E-state index in [0.29, 0.717) is 6.54 Å². The van der Waals surface area contributed by atoms with Crippen LogP contribution in [0, 0.1) is 5.92 Å². The summed E-state index contributed by atoms with van der Waals surface area (Å²) in [5.41, 5.74) is 7.60. The molecule has 3 N–H and O–H groups in total. The van der Waals surface area contributed by atoms with Crippen LogP contribution in [0.25, 0.3) is 10.9 Å². The molecular formula is C14H15N3O. The lowest BCUT2D eigenvalue weighted by Crippen LogP contribution is -2.28. The van der Waals surface area contributed by atoms with Crippen LogP contribution in [0.2, 0.25) is 0 Å². The molecule has 1 aromatic carbocycles. The molecule has 92 valence electrons. The van der Waals surface area contributed by atoms with Crippen LogP contribution in [0.3, 0.4) is 0 Å². The number of aromatic nitrogens is 1. The fourth-order valence-corrected chi connectivity index (χ4v) is 2.75. The Hall–Kier alpha value is -1.94. The number of carbonyl (C=O) groups is 1. The van der Waals surface area contributed by atoms with Gasteiger partial charge >= 0.3 is 0 Å². The first-order valence-corrected chi connectivity index (χ1v) is 6.11. The number of fused-ring (bicyclic) bond motifs is 1. The molecule has 2 unspecified atom stereocenters. The zero-order valence-corrected chi connectivity index (χ0v) is 9.97. The highest BCUT2D eigenvalue weighted by atomic mass is 16.1. The van der Waals surface area contributed by atoms with E-state index in [2.05, 4.69) is 10.3 Å². The molecule has 1 aliphatic rings. The Morgan fingerprint density at radius 1 is 1.28 bits per heavy atom. The molecule has 2 aromatic rings. The van der Waals surface area contributed by atoms with E-state index < -0.39 is 0 Å². The number of pyridine rings is 1. The summed E-state index contributed by atoms with van der Waals surface area (Å²) in [4.78, 5) is 15.8. The van der Waals surface area contributed by atoms with E-state index in [1.54, 1.807) is 6.20 Å². The average Bonchev–Trinajstić information content (AvgIpc) is 2.87. The van der Waals surface area contributed by atoms with Crippen molar-refractivity contribution < 1.29 is 4.79 Å². The highest BCUT2D eigenvalue weighted by Gasteiger charge is 2.33. The van der Waals surface area contributed by atoms with Crippen molar-refractivity contribution in [1.29, 1.82) is 0 Å². The van der Waals surface area contributed by atoms with E-state index >= 15 is 0 Å². The zero-order chi connectivity index (χ0) is 12.5. The van der Waals surface area contributed by atoms with Crippen LogP contribution in [-0.4, -0.2) is 24.0 Å². The van der Waals surface area contributed by atoms with Crippen molar-refractivity contribution in [1.82, 2.24) is 10.3 Å². The SMILES string of the molecule is NC(=O)C1CNCC1c1ccnc2ccccc12. The highest BCUT2D eigenvalue weighted by molar-refractivity contribution is 5.85. The average molecular weight is 241 g/mol. The van der Waals surface area contributed by atoms with Gasteiger partial charge < -0.3 is 11.1 Å². The van der Waals surface area contributed by atoms with Gasteiger partial charge in [-0.2, -0.15) is 0 Å². The summed E-state index contributed by atoms with van der Waals surface area (Å²) < 4.78 is 0. The Morgan fingerprint density at radius 3 is 2.94 bits per heavy atom. The molecule has 1 aromatic heterocycles. The Bertz CT molecular complexity index is 591. The van der Waals surface area contributed by atoms with Crippen LogP contribution in [0.4, 0.5) is 0 Å². The molecule has 0 radical (unpaired) electrons. The minimum Gasteiger partial charge on any atom is -0.369 e. The number of primary amides is 1. The third-order valence-electron chi connectivity index (χ3n) is 3.66. The van der Waals surface area contributed by atoms with E-state index in [1.165, 1.54) is 0 Å². The van der Waals surface area contributed by atoms with Crippen LogP contribution < -0.4 is 11.1 Å². The Balaban J connectivity index is 2.11. The number of hydrogen-bond acceptors (Lipinski definition) is 3. The maximum absolute atomic E-state index is 11.5. The largest absolute Gasteiger partial charge is 0.369 e. The standard InChI is InChI=1S/C14H15N3O/c15-14(18)12-8-16-7-11(12)9-5-6-17-13-4-2-1-3-10(9)13/h1-6,11-12,16H,7-8H2,(H2,15,18). The summed E-state index contributed by atoms with van der Waals surface area (Å²) in [7, 11) is 0. The van der Waals surface area contributed by atoms with Crippen LogP contribution in [0.1, 0.15) is 11.5 Å². The predicted octanol–water partition coefficient (Wildman–Crippen LogP) is 1.02. The predicted molar refractivity (Wildman–Crippen MR) is 70.0 cm³/mol. The second-order valence-corrected chi connectivity index (χ2v) is 4.69. The van der Waals surface area contributed by atoms with Gasteiger partial charge in [-0.25, -0.2) is 0 Å². The van der Waals surface area contributed by atoms with Crippen molar-refractivity contribution >= 4 is 16.8 Å². The van der Waals surface area contributed by atoms with Gasteiger partial charge in [-0.1, -0.05) is 18.2 Å². The van der Waals surface area contributed by atoms with Gasteiger partial charge in [0.25, 0.3) is 0 Å². The number of nitrogens with one attached hydrogen (secondary N) is 1. The van der Waals surface area contributed by atoms with Crippen molar-refractivity contribution in [3.05, 3.63) is 42.1 Å². The molecule has 18 heavy (non-hydrogen) atoms. The van der Waals surface area contributed by atoms with Gasteiger partial charge in [0.2, 0.25) is 5.91 Å². The minimum atomic E-state index is -0.231. The van der Waals surface area contributed by atoms with Gasteiger partial charge in [-0.15, -0.1) is 0 Å². The quantitative estimate of drug-likeness (QED) is 0.825. The number of rotatable bonds is 2. The number of hydrogen-bond donors (Lipinski definition) is 2. The number of nitrogens with two attached hydrogens (primary N) is 1. The number of carbonyl (C=O) groups excluding carboxylic acids is 1. The molecule has 1 saturated heterocycles. The van der Waals surface area contributed by atoms with Gasteiger partial charge in [0.1, 0.15) is 0 Å². The Kier molecular flexibility index (Phi) is 2.72. The van der Waals surface area contributed by atoms with Crippen LogP contribution >= 0.6 is 0 Å². The van der Waals surface area contributed by atoms with Crippen molar-refractivity contribution in [3.63, 3.8) is 0 Å². The monoisotopic (exact) mass is 241 g/mol. The molecule has 2 atom stereocenters. The fourth-order valence-electron chi connectivity index (χ4n) is 2.75. The second-order valence-electron chi connectivity index (χ2n) is 4.69. The Morgan fingerprint density at radius 2 is 2.11 bits per heavy atom. The van der Waals surface area contributed by atoms with E-state index in [-0.39, 0.29) is 17.7 Å². The second kappa shape index (κ2) is 4.38. The zero-order valence-electron chi connectivity index (χ0n) is 9.97. The molecule has 0 saturated carbocycles. The first-order chi connectivity index (χ1) is 8.77. The van der Waals surface area contributed by atoms with E-state index in [0.717, 1.165) is 23.0 Å². The molecule has 1 aliphatic heterocycles. The number of amides is 1. The molecule has 1 amide bonds. The van der Waals surface area contributed by atoms with Gasteiger partial charge in [0.05, 0.1) is 11.4 Å². The summed E-state index contributed by atoms with van der Waals surface area (Å²) >= 11 is 0. The number of para-hydroxylation sites is 1. The molecule has 4 nitrogen and oxygen atoms in total. The van der Waals surface area contributed by atoms with E-state index in [9.17, 15) is 4.79 Å². The lowest BCUT2D eigenvalue weighted by atomic mass is 9.87. The van der Waals surface area contributed by atoms with Gasteiger partial charge in [-0.3, -0.25) is 9.78 Å². The van der Waals surface area contributed by atoms with Crippen LogP contribution in [0.5, 0.6) is 0 Å². The van der Waals surface area contributed by atoms with Crippen LogP contribution in [0.15, 0.2) is 36.5 Å². The fraction of sp³-hybridized carbons (Fsp3) is 0.286. The summed E-state index contributed by atoms with van der Waals surface area (Å²) in [6.07, 6.45) is 1.80. The normalized spacial score (nSPS) is 23.3. The molecule has 4 heteroatoms. The first-order valence-electron chi connectivity index (χ1n) is 6.11. The van der Waals surface area contributed by atoms with Crippen molar-refractivity contribution in [2.24, 2.45) is 11.7 Å². The third-order valence-corrected chi connectivity index (χ3v) is 3.66. The smallest absolute Gasteiger partial charge is 0.222 e. The van der Waals surface area contributed by atoms with Crippen molar-refractivity contribution in [2.45, 2.75) is 5.92 Å². The summed E-state index contributed by atoms with van der Waals surface area (Å²) in [6.45, 7) is 1.46. The van der Waals surface area contributed by atoms with Crippen LogP contribution in [-0.2, 0) is 4.79 Å². The number of benzene rings is 1. The lowest BCUT2D eigenvalue weighted by Gasteiger charge is -2.17. The maximum atomic E-state index is 11.5. The lowest BCUT2D eigenvalue weighted by molar-refractivity contribution is -0.121. The molecule has 3 rings (SSSR count). The van der Waals surface area contributed by atoms with E-state index in [1.807, 2.05) is 30.3 Å². The van der Waals surface area contributed by atoms with Gasteiger partial charge in [-0.05, 0) is 17.7 Å². The molecule has 1 fully saturated rings. The highest BCUT2D eigenvalue weighted by Crippen LogP contribution is 2.32. The van der Waals surface area contributed by atoms with Gasteiger partial charge in [0, 0.05) is 30.6 Å². The molecule has 0 spiro atoms. The minimum absolute atomic E-state index is 0.129. The maximum Gasteiger partial charge on any atom is 0.222 e. The third kappa shape index (κ3) is 1.75. The number of nitrogens with zero attached hydrogens (tertiary/aromatic N) is 1. The summed E-state index contributed by atoms with van der Waals surface area (Å²) in [5, 5.41) is 4.36. The van der Waals surface area contributed by atoms with E-state index in [4.69, 9.17) is 5.73 Å². The van der Waals surface area contributed by atoms with Crippen molar-refractivity contribution in [3.8, 4) is 0 Å². The van der Waals surface area contributed by atoms with Gasteiger partial charge in [0.15, 0.2) is 0 Å². The molecule has 2 heterocycles. The molecule has 0 bridgehead atoms. The first kappa shape index (κ1) is 11.2.